The Hall–Kier alpha value is -2.39. The third-order valence-corrected chi connectivity index (χ3v) is 3.62. The molecule has 0 bridgehead atoms. The third kappa shape index (κ3) is 2.12. The van der Waals surface area contributed by atoms with Gasteiger partial charge in [-0.25, -0.2) is 0 Å². The van der Waals surface area contributed by atoms with Crippen molar-refractivity contribution in [2.24, 2.45) is 0 Å². The van der Waals surface area contributed by atoms with E-state index in [4.69, 9.17) is 5.73 Å². The topological polar surface area (TPSA) is 50.9 Å². The highest BCUT2D eigenvalue weighted by Gasteiger charge is 2.16. The molecular weight excluding hydrogens is 246 g/mol. The van der Waals surface area contributed by atoms with Crippen LogP contribution < -0.4 is 11.1 Å². The van der Waals surface area contributed by atoms with Crippen LogP contribution in [0.1, 0.15) is 17.2 Å². The van der Waals surface area contributed by atoms with Gasteiger partial charge in [-0.2, -0.15) is 0 Å². The lowest BCUT2D eigenvalue weighted by molar-refractivity contribution is 0.696. The van der Waals surface area contributed by atoms with Crippen molar-refractivity contribution >= 4 is 16.5 Å². The van der Waals surface area contributed by atoms with Crippen LogP contribution in [0.3, 0.4) is 0 Å². The molecule has 0 amide bonds. The monoisotopic (exact) mass is 263 g/mol. The normalized spacial score (nSPS) is 12.4. The van der Waals surface area contributed by atoms with Gasteiger partial charge in [0.2, 0.25) is 0 Å². The molecule has 3 aromatic rings. The molecule has 1 aromatic heterocycles. The summed E-state index contributed by atoms with van der Waals surface area (Å²) in [5.74, 6) is 0. The minimum atomic E-state index is 0.0369. The maximum absolute atomic E-state index is 6.10. The van der Waals surface area contributed by atoms with Crippen molar-refractivity contribution in [1.82, 2.24) is 10.3 Å². The largest absolute Gasteiger partial charge is 0.398 e. The minimum absolute atomic E-state index is 0.0369. The van der Waals surface area contributed by atoms with E-state index in [0.717, 1.165) is 11.3 Å². The van der Waals surface area contributed by atoms with E-state index in [9.17, 15) is 0 Å². The number of nitrogen functional groups attached to an aromatic ring is 1. The molecule has 1 heterocycles. The van der Waals surface area contributed by atoms with E-state index in [2.05, 4.69) is 52.8 Å². The lowest BCUT2D eigenvalue weighted by Crippen LogP contribution is -2.19. The van der Waals surface area contributed by atoms with Gasteiger partial charge >= 0.3 is 0 Å². The Bertz CT molecular complexity index is 732. The molecule has 0 spiro atoms. The lowest BCUT2D eigenvalue weighted by Gasteiger charge is -2.20. The van der Waals surface area contributed by atoms with Gasteiger partial charge < -0.3 is 11.1 Å². The molecular formula is C17H17N3. The number of benzene rings is 2. The Morgan fingerprint density at radius 3 is 2.60 bits per heavy atom. The van der Waals surface area contributed by atoms with Gasteiger partial charge in [-0.15, -0.1) is 0 Å². The van der Waals surface area contributed by atoms with Gasteiger partial charge in [0.25, 0.3) is 0 Å². The average molecular weight is 263 g/mol. The zero-order valence-electron chi connectivity index (χ0n) is 11.4. The summed E-state index contributed by atoms with van der Waals surface area (Å²) in [6, 6.07) is 16.6. The van der Waals surface area contributed by atoms with Crippen molar-refractivity contribution in [2.75, 3.05) is 12.8 Å². The van der Waals surface area contributed by atoms with Crippen molar-refractivity contribution in [2.45, 2.75) is 6.04 Å². The maximum Gasteiger partial charge on any atom is 0.0616 e. The van der Waals surface area contributed by atoms with Crippen LogP contribution >= 0.6 is 0 Å². The van der Waals surface area contributed by atoms with Gasteiger partial charge in [-0.3, -0.25) is 4.98 Å². The Kier molecular flexibility index (Phi) is 3.35. The van der Waals surface area contributed by atoms with Gasteiger partial charge in [-0.1, -0.05) is 42.5 Å². The molecule has 3 heteroatoms. The summed E-state index contributed by atoms with van der Waals surface area (Å²) in [5.41, 5.74) is 9.07. The Balaban J connectivity index is 2.20. The number of hydrogen-bond donors (Lipinski definition) is 2. The first-order chi connectivity index (χ1) is 9.81. The van der Waals surface area contributed by atoms with Gasteiger partial charge in [0.15, 0.2) is 0 Å². The second-order valence-corrected chi connectivity index (χ2v) is 4.79. The van der Waals surface area contributed by atoms with E-state index in [0.29, 0.717) is 0 Å². The molecule has 100 valence electrons. The number of pyridine rings is 1. The van der Waals surface area contributed by atoms with Gasteiger partial charge in [0.1, 0.15) is 0 Å². The van der Waals surface area contributed by atoms with Crippen molar-refractivity contribution in [3.8, 4) is 0 Å². The Labute approximate surface area is 118 Å². The smallest absolute Gasteiger partial charge is 0.0616 e. The summed E-state index contributed by atoms with van der Waals surface area (Å²) < 4.78 is 0. The number of anilines is 1. The van der Waals surface area contributed by atoms with E-state index >= 15 is 0 Å². The quantitative estimate of drug-likeness (QED) is 0.763. The van der Waals surface area contributed by atoms with E-state index in [-0.39, 0.29) is 6.04 Å². The summed E-state index contributed by atoms with van der Waals surface area (Å²) in [6.07, 6.45) is 3.55. The van der Waals surface area contributed by atoms with Crippen LogP contribution in [0.15, 0.2) is 60.9 Å². The van der Waals surface area contributed by atoms with Gasteiger partial charge in [-0.05, 0) is 29.4 Å². The standard InChI is InChI=1S/C17H17N3/c1-19-17(15-11-20-10-9-16(15)18)14-8-4-6-12-5-2-3-7-13(12)14/h2-11,17,19H,1H3,(H2,18,20). The fourth-order valence-corrected chi connectivity index (χ4v) is 2.64. The molecule has 1 unspecified atom stereocenters. The number of nitrogens with two attached hydrogens (primary N) is 1. The first-order valence-electron chi connectivity index (χ1n) is 6.65. The Morgan fingerprint density at radius 1 is 1.00 bits per heavy atom. The molecule has 3 N–H and O–H groups in total. The molecule has 0 radical (unpaired) electrons. The summed E-state index contributed by atoms with van der Waals surface area (Å²) in [4.78, 5) is 4.20. The molecule has 20 heavy (non-hydrogen) atoms. The predicted octanol–water partition coefficient (Wildman–Crippen LogP) is 3.13. The molecule has 0 aliphatic carbocycles. The fraction of sp³-hybridized carbons (Fsp3) is 0.118. The summed E-state index contributed by atoms with van der Waals surface area (Å²) in [5, 5.41) is 5.81. The lowest BCUT2D eigenvalue weighted by atomic mass is 9.94. The van der Waals surface area contributed by atoms with Crippen molar-refractivity contribution in [3.63, 3.8) is 0 Å². The fourth-order valence-electron chi connectivity index (χ4n) is 2.64. The summed E-state index contributed by atoms with van der Waals surface area (Å²) in [6.45, 7) is 0. The molecule has 3 rings (SSSR count). The maximum atomic E-state index is 6.10. The molecule has 0 fully saturated rings. The number of nitrogens with zero attached hydrogens (tertiary/aromatic N) is 1. The first kappa shape index (κ1) is 12.6. The molecule has 0 saturated heterocycles. The van der Waals surface area contributed by atoms with Crippen LogP contribution in [0, 0.1) is 0 Å². The number of aromatic nitrogens is 1. The van der Waals surface area contributed by atoms with Crippen LogP contribution in [0.25, 0.3) is 10.8 Å². The highest BCUT2D eigenvalue weighted by atomic mass is 14.9. The SMILES string of the molecule is CNC(c1cnccc1N)c1cccc2ccccc12. The number of nitrogens with one attached hydrogen (secondary N) is 1. The van der Waals surface area contributed by atoms with Crippen LogP contribution in [0.2, 0.25) is 0 Å². The average Bonchev–Trinajstić information content (AvgIpc) is 2.50. The van der Waals surface area contributed by atoms with Crippen LogP contribution in [0.5, 0.6) is 0 Å². The predicted molar refractivity (Wildman–Crippen MR) is 83.5 cm³/mol. The zero-order chi connectivity index (χ0) is 13.9. The number of rotatable bonds is 3. The Morgan fingerprint density at radius 2 is 1.80 bits per heavy atom. The summed E-state index contributed by atoms with van der Waals surface area (Å²) in [7, 11) is 1.94. The van der Waals surface area contributed by atoms with Crippen molar-refractivity contribution in [3.05, 3.63) is 72.1 Å². The van der Waals surface area contributed by atoms with E-state index < -0.39 is 0 Å². The van der Waals surface area contributed by atoms with E-state index in [1.54, 1.807) is 6.20 Å². The molecule has 0 aliphatic heterocycles. The van der Waals surface area contributed by atoms with Crippen LogP contribution in [-0.2, 0) is 0 Å². The van der Waals surface area contributed by atoms with E-state index in [1.807, 2.05) is 19.3 Å². The first-order valence-corrected chi connectivity index (χ1v) is 6.65. The molecule has 3 nitrogen and oxygen atoms in total. The van der Waals surface area contributed by atoms with Crippen molar-refractivity contribution in [1.29, 1.82) is 0 Å². The number of hydrogen-bond acceptors (Lipinski definition) is 3. The number of fused-ring (bicyclic) bond motifs is 1. The third-order valence-electron chi connectivity index (χ3n) is 3.62. The molecule has 1 atom stereocenters. The van der Waals surface area contributed by atoms with E-state index in [1.165, 1.54) is 16.3 Å². The molecule has 0 saturated carbocycles. The van der Waals surface area contributed by atoms with Crippen molar-refractivity contribution < 1.29 is 0 Å². The second-order valence-electron chi connectivity index (χ2n) is 4.79. The zero-order valence-corrected chi connectivity index (χ0v) is 11.4. The summed E-state index contributed by atoms with van der Waals surface area (Å²) >= 11 is 0. The van der Waals surface area contributed by atoms with Gasteiger partial charge in [0.05, 0.1) is 6.04 Å². The highest BCUT2D eigenvalue weighted by Crippen LogP contribution is 2.30. The molecule has 0 aliphatic rings. The van der Waals surface area contributed by atoms with Crippen LogP contribution in [0.4, 0.5) is 5.69 Å². The van der Waals surface area contributed by atoms with Gasteiger partial charge in [0, 0.05) is 23.6 Å². The van der Waals surface area contributed by atoms with Crippen LogP contribution in [-0.4, -0.2) is 12.0 Å². The molecule has 2 aromatic carbocycles. The highest BCUT2D eigenvalue weighted by molar-refractivity contribution is 5.86. The minimum Gasteiger partial charge on any atom is -0.398 e. The second kappa shape index (κ2) is 5.31.